The van der Waals surface area contributed by atoms with Gasteiger partial charge in [-0.2, -0.15) is 0 Å². The smallest absolute Gasteiger partial charge is 0.350 e. The molecule has 142 valence electrons. The molecule has 0 atom stereocenters. The van der Waals surface area contributed by atoms with Gasteiger partial charge in [-0.15, -0.1) is 22.7 Å². The first kappa shape index (κ1) is 20.1. The van der Waals surface area contributed by atoms with Crippen LogP contribution in [0.25, 0.3) is 11.3 Å². The molecule has 0 aliphatic rings. The van der Waals surface area contributed by atoms with Crippen LogP contribution in [-0.2, 0) is 4.74 Å². The summed E-state index contributed by atoms with van der Waals surface area (Å²) in [7, 11) is 1.38. The zero-order valence-electron chi connectivity index (χ0n) is 15.2. The third-order valence-corrected chi connectivity index (χ3v) is 6.88. The van der Waals surface area contributed by atoms with E-state index in [0.29, 0.717) is 25.7 Å². The molecule has 0 amide bonds. The Bertz CT molecular complexity index is 996. The van der Waals surface area contributed by atoms with Gasteiger partial charge in [0.25, 0.3) is 0 Å². The molecule has 0 radical (unpaired) electrons. The number of carbonyl (C=O) groups is 1. The van der Waals surface area contributed by atoms with Crippen molar-refractivity contribution < 1.29 is 9.53 Å². The summed E-state index contributed by atoms with van der Waals surface area (Å²) in [5.41, 5.74) is 2.48. The van der Waals surface area contributed by atoms with E-state index in [0.717, 1.165) is 21.0 Å². The minimum Gasteiger partial charge on any atom is -0.465 e. The average Bonchev–Trinajstić information content (AvgIpc) is 3.20. The average molecular weight is 441 g/mol. The highest BCUT2D eigenvalue weighted by Crippen LogP contribution is 2.40. The number of nitrogens with zero attached hydrogens (tertiary/aromatic N) is 1. The first-order valence-corrected chi connectivity index (χ1v) is 10.6. The van der Waals surface area contributed by atoms with Gasteiger partial charge in [-0.25, -0.2) is 9.78 Å². The van der Waals surface area contributed by atoms with E-state index in [2.05, 4.69) is 19.2 Å². The summed E-state index contributed by atoms with van der Waals surface area (Å²) >= 11 is 15.2. The highest BCUT2D eigenvalue weighted by atomic mass is 35.5. The van der Waals surface area contributed by atoms with Crippen LogP contribution in [0.2, 0.25) is 10.0 Å². The van der Waals surface area contributed by atoms with E-state index >= 15 is 0 Å². The van der Waals surface area contributed by atoms with Crippen molar-refractivity contribution in [1.29, 1.82) is 0 Å². The summed E-state index contributed by atoms with van der Waals surface area (Å²) in [6, 6.07) is 7.43. The van der Waals surface area contributed by atoms with Crippen molar-refractivity contribution in [3.63, 3.8) is 0 Å². The lowest BCUT2D eigenvalue weighted by atomic mass is 10.1. The second kappa shape index (κ2) is 8.19. The lowest BCUT2D eigenvalue weighted by Gasteiger charge is -2.06. The van der Waals surface area contributed by atoms with Gasteiger partial charge < -0.3 is 10.1 Å². The van der Waals surface area contributed by atoms with Gasteiger partial charge >= 0.3 is 5.97 Å². The summed E-state index contributed by atoms with van der Waals surface area (Å²) in [6.07, 6.45) is 0. The van der Waals surface area contributed by atoms with E-state index in [9.17, 15) is 4.79 Å². The molecular formula is C19H18Cl2N2O2S2. The summed E-state index contributed by atoms with van der Waals surface area (Å²) < 4.78 is 4.88. The van der Waals surface area contributed by atoms with Gasteiger partial charge in [-0.1, -0.05) is 43.1 Å². The van der Waals surface area contributed by atoms with E-state index in [1.807, 2.05) is 25.1 Å². The number of hydrogen-bond acceptors (Lipinski definition) is 6. The first-order chi connectivity index (χ1) is 12.8. The number of aryl methyl sites for hydroxylation is 1. The van der Waals surface area contributed by atoms with E-state index < -0.39 is 0 Å². The molecule has 1 N–H and O–H groups in total. The molecule has 2 aromatic heterocycles. The Hall–Kier alpha value is -1.60. The van der Waals surface area contributed by atoms with Crippen LogP contribution in [0.1, 0.15) is 39.2 Å². The summed E-state index contributed by atoms with van der Waals surface area (Å²) in [5, 5.41) is 4.99. The molecule has 0 bridgehead atoms. The van der Waals surface area contributed by atoms with Crippen molar-refractivity contribution in [3.05, 3.63) is 48.9 Å². The Labute approximate surface area is 176 Å². The van der Waals surface area contributed by atoms with Crippen molar-refractivity contribution in [3.8, 4) is 11.3 Å². The molecule has 0 unspecified atom stereocenters. The molecule has 0 fully saturated rings. The molecule has 3 aromatic rings. The van der Waals surface area contributed by atoms with Gasteiger partial charge in [0.15, 0.2) is 5.13 Å². The number of rotatable bonds is 5. The van der Waals surface area contributed by atoms with Crippen molar-refractivity contribution >= 4 is 62.7 Å². The standard InChI is InChI=1S/C19H18Cl2N2O2S2/c1-9(2)16-15(11-5-6-12(20)13(21)8-11)23-19(27-16)22-14-7-10(3)26-17(14)18(24)25-4/h5-9H,1-4H3,(H,22,23). The number of ether oxygens (including phenoxy) is 1. The maximum absolute atomic E-state index is 12.0. The van der Waals surface area contributed by atoms with Crippen molar-refractivity contribution in [2.75, 3.05) is 12.4 Å². The Morgan fingerprint density at radius 3 is 2.56 bits per heavy atom. The van der Waals surface area contributed by atoms with Gasteiger partial charge in [0.05, 0.1) is 28.5 Å². The minimum atomic E-state index is -0.360. The number of carbonyl (C=O) groups excluding carboxylic acids is 1. The van der Waals surface area contributed by atoms with Crippen LogP contribution in [0, 0.1) is 6.92 Å². The summed E-state index contributed by atoms with van der Waals surface area (Å²) in [5.74, 6) is -0.0762. The quantitative estimate of drug-likeness (QED) is 0.428. The van der Waals surface area contributed by atoms with Crippen molar-refractivity contribution in [2.24, 2.45) is 0 Å². The van der Waals surface area contributed by atoms with Crippen LogP contribution in [0.3, 0.4) is 0 Å². The van der Waals surface area contributed by atoms with Gasteiger partial charge in [0.1, 0.15) is 4.88 Å². The summed E-state index contributed by atoms with van der Waals surface area (Å²) in [4.78, 5) is 19.5. The van der Waals surface area contributed by atoms with Gasteiger partial charge in [-0.05, 0) is 31.0 Å². The minimum absolute atomic E-state index is 0.284. The van der Waals surface area contributed by atoms with Crippen molar-refractivity contribution in [1.82, 2.24) is 4.98 Å². The first-order valence-electron chi connectivity index (χ1n) is 8.22. The number of esters is 1. The Balaban J connectivity index is 2.01. The van der Waals surface area contributed by atoms with Crippen LogP contribution in [0.5, 0.6) is 0 Å². The third kappa shape index (κ3) is 4.29. The number of thiazole rings is 1. The third-order valence-electron chi connectivity index (χ3n) is 3.84. The topological polar surface area (TPSA) is 51.2 Å². The molecule has 0 saturated heterocycles. The van der Waals surface area contributed by atoms with Gasteiger partial charge in [0.2, 0.25) is 0 Å². The van der Waals surface area contributed by atoms with Gasteiger partial charge in [-0.3, -0.25) is 0 Å². The van der Waals surface area contributed by atoms with Crippen molar-refractivity contribution in [2.45, 2.75) is 26.7 Å². The largest absolute Gasteiger partial charge is 0.465 e. The van der Waals surface area contributed by atoms with Crippen LogP contribution in [0.4, 0.5) is 10.8 Å². The zero-order chi connectivity index (χ0) is 19.7. The lowest BCUT2D eigenvalue weighted by Crippen LogP contribution is -2.01. The van der Waals surface area contributed by atoms with E-state index in [4.69, 9.17) is 32.9 Å². The zero-order valence-corrected chi connectivity index (χ0v) is 18.4. The second-order valence-electron chi connectivity index (χ2n) is 6.23. The Morgan fingerprint density at radius 1 is 1.19 bits per heavy atom. The molecule has 4 nitrogen and oxygen atoms in total. The van der Waals surface area contributed by atoms with Crippen LogP contribution in [0.15, 0.2) is 24.3 Å². The predicted molar refractivity (Wildman–Crippen MR) is 115 cm³/mol. The van der Waals surface area contributed by atoms with E-state index in [-0.39, 0.29) is 11.9 Å². The number of thiophene rings is 1. The SMILES string of the molecule is COC(=O)c1sc(C)cc1Nc1nc(-c2ccc(Cl)c(Cl)c2)c(C(C)C)s1. The predicted octanol–water partition coefficient (Wildman–Crippen LogP) is 7.14. The Morgan fingerprint density at radius 2 is 1.93 bits per heavy atom. The van der Waals surface area contributed by atoms with Crippen LogP contribution in [-0.4, -0.2) is 18.1 Å². The molecule has 0 aliphatic heterocycles. The normalized spacial score (nSPS) is 11.1. The number of aromatic nitrogens is 1. The van der Waals surface area contributed by atoms with Gasteiger partial charge in [0, 0.05) is 15.3 Å². The molecule has 8 heteroatoms. The highest BCUT2D eigenvalue weighted by molar-refractivity contribution is 7.16. The maximum atomic E-state index is 12.0. The summed E-state index contributed by atoms with van der Waals surface area (Å²) in [6.45, 7) is 6.19. The molecule has 1 aromatic carbocycles. The fourth-order valence-electron chi connectivity index (χ4n) is 2.59. The molecular weight excluding hydrogens is 423 g/mol. The second-order valence-corrected chi connectivity index (χ2v) is 9.33. The molecule has 0 spiro atoms. The lowest BCUT2D eigenvalue weighted by molar-refractivity contribution is 0.0607. The molecule has 0 aliphatic carbocycles. The number of halogens is 2. The Kier molecular flexibility index (Phi) is 6.11. The molecule has 2 heterocycles. The molecule has 3 rings (SSSR count). The number of methoxy groups -OCH3 is 1. The van der Waals surface area contributed by atoms with Crippen LogP contribution >= 0.6 is 45.9 Å². The van der Waals surface area contributed by atoms with E-state index in [1.54, 1.807) is 17.4 Å². The number of nitrogens with one attached hydrogen (secondary N) is 1. The van der Waals surface area contributed by atoms with Crippen LogP contribution < -0.4 is 5.32 Å². The monoisotopic (exact) mass is 440 g/mol. The maximum Gasteiger partial charge on any atom is 0.350 e. The fourth-order valence-corrected chi connectivity index (χ4v) is 4.78. The highest BCUT2D eigenvalue weighted by Gasteiger charge is 2.20. The fraction of sp³-hybridized carbons (Fsp3) is 0.263. The molecule has 0 saturated carbocycles. The number of hydrogen-bond donors (Lipinski definition) is 1. The number of benzene rings is 1. The van der Waals surface area contributed by atoms with E-state index in [1.165, 1.54) is 18.4 Å². The molecule has 27 heavy (non-hydrogen) atoms. The number of anilines is 2.